The molecular formula is C10H14N4O3. The Morgan fingerprint density at radius 1 is 1.47 bits per heavy atom. The van der Waals surface area contributed by atoms with Gasteiger partial charge in [0.05, 0.1) is 12.5 Å². The van der Waals surface area contributed by atoms with Gasteiger partial charge >= 0.3 is 12.0 Å². The number of amides is 2. The zero-order valence-electron chi connectivity index (χ0n) is 9.26. The number of carbonyl (C=O) groups excluding carboxylic acids is 2. The smallest absolute Gasteiger partial charge is 0.356 e. The second-order valence-electron chi connectivity index (χ2n) is 3.90. The Bertz CT molecular complexity index is 396. The van der Waals surface area contributed by atoms with Gasteiger partial charge in [-0.15, -0.1) is 0 Å². The number of hydrogen-bond acceptors (Lipinski definition) is 4. The molecule has 1 fully saturated rings. The summed E-state index contributed by atoms with van der Waals surface area (Å²) in [7, 11) is 0. The fourth-order valence-electron chi connectivity index (χ4n) is 1.78. The fourth-order valence-corrected chi connectivity index (χ4v) is 1.78. The maximum absolute atomic E-state index is 11.6. The highest BCUT2D eigenvalue weighted by Crippen LogP contribution is 2.14. The standard InChI is InChI=1S/C10H14N4O3/c11-10(16)14-3-1-7(2-4-14)17-9(15)8-5-12-6-13-8/h5-7H,1-4H2,(H2,11,16)(H,12,13). The van der Waals surface area contributed by atoms with E-state index in [2.05, 4.69) is 9.97 Å². The molecule has 0 aliphatic carbocycles. The third kappa shape index (κ3) is 2.74. The Labute approximate surface area is 97.9 Å². The molecule has 1 saturated heterocycles. The molecule has 0 spiro atoms. The number of likely N-dealkylation sites (tertiary alicyclic amines) is 1. The molecule has 92 valence electrons. The molecule has 0 atom stereocenters. The summed E-state index contributed by atoms with van der Waals surface area (Å²) >= 11 is 0. The van der Waals surface area contributed by atoms with Crippen LogP contribution in [0.25, 0.3) is 0 Å². The van der Waals surface area contributed by atoms with Gasteiger partial charge in [0.1, 0.15) is 11.8 Å². The topological polar surface area (TPSA) is 101 Å². The predicted octanol–water partition coefficient (Wildman–Crippen LogP) is 0.110. The molecule has 2 amide bonds. The molecule has 2 rings (SSSR count). The Kier molecular flexibility index (Phi) is 3.27. The molecule has 0 radical (unpaired) electrons. The lowest BCUT2D eigenvalue weighted by molar-refractivity contribution is 0.0150. The van der Waals surface area contributed by atoms with Crippen LogP contribution < -0.4 is 5.73 Å². The number of urea groups is 1. The zero-order chi connectivity index (χ0) is 12.3. The lowest BCUT2D eigenvalue weighted by Crippen LogP contribution is -2.44. The Hall–Kier alpha value is -2.05. The molecule has 1 aromatic heterocycles. The summed E-state index contributed by atoms with van der Waals surface area (Å²) in [6, 6.07) is -0.427. The lowest BCUT2D eigenvalue weighted by atomic mass is 10.1. The van der Waals surface area contributed by atoms with Gasteiger partial charge in [0.25, 0.3) is 0 Å². The first kappa shape index (κ1) is 11.4. The monoisotopic (exact) mass is 238 g/mol. The van der Waals surface area contributed by atoms with Crippen molar-refractivity contribution >= 4 is 12.0 Å². The maximum atomic E-state index is 11.6. The average Bonchev–Trinajstić information content (AvgIpc) is 2.83. The van der Waals surface area contributed by atoms with Crippen molar-refractivity contribution in [3.05, 3.63) is 18.2 Å². The van der Waals surface area contributed by atoms with Crippen molar-refractivity contribution in [1.82, 2.24) is 14.9 Å². The first-order valence-corrected chi connectivity index (χ1v) is 5.40. The number of H-pyrrole nitrogens is 1. The minimum atomic E-state index is -0.427. The summed E-state index contributed by atoms with van der Waals surface area (Å²) in [5, 5.41) is 0. The number of carbonyl (C=O) groups is 2. The van der Waals surface area contributed by atoms with Crippen molar-refractivity contribution in [3.63, 3.8) is 0 Å². The van der Waals surface area contributed by atoms with Gasteiger partial charge in [0.2, 0.25) is 0 Å². The Balaban J connectivity index is 1.82. The summed E-state index contributed by atoms with van der Waals surface area (Å²) in [5.41, 5.74) is 5.49. The van der Waals surface area contributed by atoms with E-state index in [1.807, 2.05) is 0 Å². The molecule has 17 heavy (non-hydrogen) atoms. The predicted molar refractivity (Wildman–Crippen MR) is 58.2 cm³/mol. The number of aromatic amines is 1. The molecule has 3 N–H and O–H groups in total. The molecule has 0 unspecified atom stereocenters. The highest BCUT2D eigenvalue weighted by atomic mass is 16.5. The summed E-state index contributed by atoms with van der Waals surface area (Å²) in [5.74, 6) is -0.417. The van der Waals surface area contributed by atoms with E-state index in [-0.39, 0.29) is 6.10 Å². The lowest BCUT2D eigenvalue weighted by Gasteiger charge is -2.30. The van der Waals surface area contributed by atoms with E-state index in [0.717, 1.165) is 0 Å². The molecular weight excluding hydrogens is 224 g/mol. The van der Waals surface area contributed by atoms with Gasteiger partial charge in [-0.1, -0.05) is 0 Å². The number of primary amides is 1. The summed E-state index contributed by atoms with van der Waals surface area (Å²) in [6.45, 7) is 1.05. The van der Waals surface area contributed by atoms with Gasteiger partial charge in [-0.05, 0) is 0 Å². The van der Waals surface area contributed by atoms with E-state index in [1.54, 1.807) is 4.90 Å². The number of nitrogens with zero attached hydrogens (tertiary/aromatic N) is 2. The second kappa shape index (κ2) is 4.86. The first-order chi connectivity index (χ1) is 8.16. The van der Waals surface area contributed by atoms with Crippen LogP contribution in [0.2, 0.25) is 0 Å². The van der Waals surface area contributed by atoms with E-state index in [0.29, 0.717) is 31.6 Å². The fraction of sp³-hybridized carbons (Fsp3) is 0.500. The number of imidazole rings is 1. The van der Waals surface area contributed by atoms with Crippen molar-refractivity contribution in [2.45, 2.75) is 18.9 Å². The Morgan fingerprint density at radius 2 is 2.18 bits per heavy atom. The first-order valence-electron chi connectivity index (χ1n) is 5.40. The van der Waals surface area contributed by atoms with Gasteiger partial charge in [0.15, 0.2) is 0 Å². The van der Waals surface area contributed by atoms with Gasteiger partial charge in [-0.3, -0.25) is 0 Å². The number of rotatable bonds is 2. The molecule has 0 bridgehead atoms. The van der Waals surface area contributed by atoms with E-state index < -0.39 is 12.0 Å². The SMILES string of the molecule is NC(=O)N1CCC(OC(=O)c2cnc[nH]2)CC1. The van der Waals surface area contributed by atoms with Crippen LogP contribution in [-0.4, -0.2) is 46.1 Å². The summed E-state index contributed by atoms with van der Waals surface area (Å²) < 4.78 is 5.27. The van der Waals surface area contributed by atoms with Gasteiger partial charge < -0.3 is 20.4 Å². The number of piperidine rings is 1. The number of ether oxygens (including phenoxy) is 1. The van der Waals surface area contributed by atoms with E-state index in [1.165, 1.54) is 12.5 Å². The van der Waals surface area contributed by atoms with Crippen LogP contribution in [0.5, 0.6) is 0 Å². The largest absolute Gasteiger partial charge is 0.458 e. The molecule has 0 aromatic carbocycles. The van der Waals surface area contributed by atoms with Crippen molar-refractivity contribution in [2.24, 2.45) is 5.73 Å². The minimum Gasteiger partial charge on any atom is -0.458 e. The van der Waals surface area contributed by atoms with Crippen LogP contribution in [0.15, 0.2) is 12.5 Å². The van der Waals surface area contributed by atoms with Gasteiger partial charge in [-0.25, -0.2) is 14.6 Å². The molecule has 7 nitrogen and oxygen atoms in total. The quantitative estimate of drug-likeness (QED) is 0.714. The van der Waals surface area contributed by atoms with Crippen LogP contribution in [-0.2, 0) is 4.74 Å². The van der Waals surface area contributed by atoms with E-state index in [9.17, 15) is 9.59 Å². The number of aromatic nitrogens is 2. The van der Waals surface area contributed by atoms with Crippen molar-refractivity contribution in [2.75, 3.05) is 13.1 Å². The molecule has 0 saturated carbocycles. The van der Waals surface area contributed by atoms with Gasteiger partial charge in [0, 0.05) is 25.9 Å². The molecule has 1 aliphatic rings. The highest BCUT2D eigenvalue weighted by Gasteiger charge is 2.24. The van der Waals surface area contributed by atoms with Crippen molar-refractivity contribution in [1.29, 1.82) is 0 Å². The number of hydrogen-bond donors (Lipinski definition) is 2. The maximum Gasteiger partial charge on any atom is 0.356 e. The van der Waals surface area contributed by atoms with Crippen LogP contribution in [0.3, 0.4) is 0 Å². The van der Waals surface area contributed by atoms with E-state index >= 15 is 0 Å². The number of esters is 1. The normalized spacial score (nSPS) is 16.8. The summed E-state index contributed by atoms with van der Waals surface area (Å²) in [6.07, 6.45) is 3.90. The third-order valence-electron chi connectivity index (χ3n) is 2.75. The second-order valence-corrected chi connectivity index (χ2v) is 3.90. The van der Waals surface area contributed by atoms with Crippen LogP contribution in [0, 0.1) is 0 Å². The number of nitrogens with one attached hydrogen (secondary N) is 1. The van der Waals surface area contributed by atoms with Crippen molar-refractivity contribution in [3.8, 4) is 0 Å². The summed E-state index contributed by atoms with van der Waals surface area (Å²) in [4.78, 5) is 30.5. The van der Waals surface area contributed by atoms with Crippen LogP contribution >= 0.6 is 0 Å². The molecule has 1 aliphatic heterocycles. The molecule has 2 heterocycles. The minimum absolute atomic E-state index is 0.165. The van der Waals surface area contributed by atoms with Gasteiger partial charge in [-0.2, -0.15) is 0 Å². The van der Waals surface area contributed by atoms with Crippen LogP contribution in [0.4, 0.5) is 4.79 Å². The third-order valence-corrected chi connectivity index (χ3v) is 2.75. The van der Waals surface area contributed by atoms with E-state index in [4.69, 9.17) is 10.5 Å². The average molecular weight is 238 g/mol. The number of nitrogens with two attached hydrogens (primary N) is 1. The van der Waals surface area contributed by atoms with Crippen molar-refractivity contribution < 1.29 is 14.3 Å². The zero-order valence-corrected chi connectivity index (χ0v) is 9.26. The Morgan fingerprint density at radius 3 is 2.71 bits per heavy atom. The molecule has 1 aromatic rings. The van der Waals surface area contributed by atoms with Crippen LogP contribution in [0.1, 0.15) is 23.3 Å². The molecule has 7 heteroatoms. The highest BCUT2D eigenvalue weighted by molar-refractivity contribution is 5.87.